The molecular weight excluding hydrogens is 328 g/mol. The topological polar surface area (TPSA) is 78.1 Å². The minimum atomic E-state index is 0.737. The number of methoxy groups -OCH3 is 1. The molecule has 0 radical (unpaired) electrons. The quantitative estimate of drug-likeness (QED) is 0.657. The van der Waals surface area contributed by atoms with E-state index in [9.17, 15) is 0 Å². The monoisotopic (exact) mass is 350 g/mol. The summed E-state index contributed by atoms with van der Waals surface area (Å²) in [6.45, 7) is 3.93. The zero-order valence-electron chi connectivity index (χ0n) is 14.7. The van der Waals surface area contributed by atoms with Crippen LogP contribution in [0.25, 0.3) is 11.3 Å². The first-order valence-electron chi connectivity index (χ1n) is 8.71. The van der Waals surface area contributed by atoms with Crippen molar-refractivity contribution in [2.75, 3.05) is 43.5 Å². The van der Waals surface area contributed by atoms with Crippen LogP contribution < -0.4 is 20.3 Å². The van der Waals surface area contributed by atoms with Gasteiger partial charge >= 0.3 is 0 Å². The van der Waals surface area contributed by atoms with E-state index in [4.69, 9.17) is 9.72 Å². The van der Waals surface area contributed by atoms with Gasteiger partial charge in [-0.25, -0.2) is 4.98 Å². The Labute approximate surface area is 152 Å². The molecule has 0 saturated carbocycles. The molecule has 0 unspecified atom stereocenters. The predicted octanol–water partition coefficient (Wildman–Crippen LogP) is 2.63. The standard InChI is InChI=1S/C19H22N6O/c1-26-15-7-5-14(6-8-15)16-13-18(24-23-16)21-17-3-2-4-19(22-17)25-11-9-20-10-12-25/h2-8,13,20H,9-12H2,1H3,(H2,21,22,23,24). The van der Waals surface area contributed by atoms with E-state index in [2.05, 4.69) is 25.7 Å². The second kappa shape index (κ2) is 7.45. The summed E-state index contributed by atoms with van der Waals surface area (Å²) in [6.07, 6.45) is 0. The van der Waals surface area contributed by atoms with E-state index >= 15 is 0 Å². The summed E-state index contributed by atoms with van der Waals surface area (Å²) < 4.78 is 5.20. The summed E-state index contributed by atoms with van der Waals surface area (Å²) in [5.74, 6) is 3.34. The van der Waals surface area contributed by atoms with Crippen molar-refractivity contribution in [1.82, 2.24) is 20.5 Å². The number of H-pyrrole nitrogens is 1. The lowest BCUT2D eigenvalue weighted by Gasteiger charge is -2.28. The van der Waals surface area contributed by atoms with Gasteiger partial charge in [-0.2, -0.15) is 5.10 Å². The van der Waals surface area contributed by atoms with Gasteiger partial charge in [0.1, 0.15) is 17.4 Å². The number of nitrogens with zero attached hydrogens (tertiary/aromatic N) is 3. The van der Waals surface area contributed by atoms with Gasteiger partial charge in [0.15, 0.2) is 5.82 Å². The smallest absolute Gasteiger partial charge is 0.153 e. The van der Waals surface area contributed by atoms with Crippen LogP contribution in [0.5, 0.6) is 5.75 Å². The highest BCUT2D eigenvalue weighted by Crippen LogP contribution is 2.24. The molecule has 1 saturated heterocycles. The molecule has 1 aromatic carbocycles. The fourth-order valence-electron chi connectivity index (χ4n) is 3.00. The number of aromatic amines is 1. The predicted molar refractivity (Wildman–Crippen MR) is 103 cm³/mol. The largest absolute Gasteiger partial charge is 0.497 e. The van der Waals surface area contributed by atoms with Crippen LogP contribution in [0, 0.1) is 0 Å². The molecule has 7 nitrogen and oxygen atoms in total. The van der Waals surface area contributed by atoms with Crippen LogP contribution in [0.2, 0.25) is 0 Å². The Kier molecular flexibility index (Phi) is 4.70. The highest BCUT2D eigenvalue weighted by molar-refractivity contribution is 5.66. The maximum absolute atomic E-state index is 5.20. The Bertz CT molecular complexity index is 854. The van der Waals surface area contributed by atoms with Gasteiger partial charge in [0.2, 0.25) is 0 Å². The number of anilines is 3. The summed E-state index contributed by atoms with van der Waals surface area (Å²) in [7, 11) is 1.66. The highest BCUT2D eigenvalue weighted by Gasteiger charge is 2.12. The number of ether oxygens (including phenoxy) is 1. The van der Waals surface area contributed by atoms with Crippen LogP contribution in [0.3, 0.4) is 0 Å². The molecule has 3 N–H and O–H groups in total. The fraction of sp³-hybridized carbons (Fsp3) is 0.263. The molecule has 0 aliphatic carbocycles. The summed E-state index contributed by atoms with van der Waals surface area (Å²) in [5, 5.41) is 14.0. The third-order valence-corrected chi connectivity index (χ3v) is 4.41. The van der Waals surface area contributed by atoms with Crippen LogP contribution >= 0.6 is 0 Å². The van der Waals surface area contributed by atoms with E-state index in [1.807, 2.05) is 48.5 Å². The van der Waals surface area contributed by atoms with Crippen molar-refractivity contribution < 1.29 is 4.74 Å². The number of rotatable bonds is 5. The maximum Gasteiger partial charge on any atom is 0.153 e. The van der Waals surface area contributed by atoms with Gasteiger partial charge in [-0.05, 0) is 42.0 Å². The lowest BCUT2D eigenvalue weighted by atomic mass is 10.1. The summed E-state index contributed by atoms with van der Waals surface area (Å²) in [5.41, 5.74) is 1.99. The molecule has 4 rings (SSSR count). The fourth-order valence-corrected chi connectivity index (χ4v) is 3.00. The van der Waals surface area contributed by atoms with E-state index in [0.29, 0.717) is 0 Å². The Balaban J connectivity index is 1.48. The summed E-state index contributed by atoms with van der Waals surface area (Å²) in [4.78, 5) is 7.00. The average Bonchev–Trinajstić information content (AvgIpc) is 3.17. The Morgan fingerprint density at radius 1 is 1.04 bits per heavy atom. The second-order valence-electron chi connectivity index (χ2n) is 6.14. The molecule has 0 amide bonds. The lowest BCUT2D eigenvalue weighted by molar-refractivity contribution is 0.415. The molecule has 2 aromatic heterocycles. The van der Waals surface area contributed by atoms with Gasteiger partial charge in [-0.3, -0.25) is 5.10 Å². The number of piperazine rings is 1. The summed E-state index contributed by atoms with van der Waals surface area (Å²) in [6, 6.07) is 15.9. The van der Waals surface area contributed by atoms with Gasteiger partial charge in [-0.1, -0.05) is 6.07 Å². The molecule has 0 bridgehead atoms. The van der Waals surface area contributed by atoms with Gasteiger partial charge in [0, 0.05) is 32.2 Å². The van der Waals surface area contributed by atoms with Crippen molar-refractivity contribution in [2.24, 2.45) is 0 Å². The molecule has 1 aliphatic heterocycles. The zero-order chi connectivity index (χ0) is 17.8. The van der Waals surface area contributed by atoms with E-state index in [0.717, 1.165) is 60.6 Å². The molecule has 1 fully saturated rings. The number of pyridine rings is 1. The number of hydrogen-bond acceptors (Lipinski definition) is 6. The number of benzene rings is 1. The Morgan fingerprint density at radius 2 is 1.85 bits per heavy atom. The first-order valence-corrected chi connectivity index (χ1v) is 8.71. The van der Waals surface area contributed by atoms with Crippen molar-refractivity contribution in [3.63, 3.8) is 0 Å². The number of hydrogen-bond donors (Lipinski definition) is 3. The van der Waals surface area contributed by atoms with Crippen LogP contribution in [0.4, 0.5) is 17.5 Å². The highest BCUT2D eigenvalue weighted by atomic mass is 16.5. The van der Waals surface area contributed by atoms with E-state index < -0.39 is 0 Å². The third kappa shape index (κ3) is 3.62. The third-order valence-electron chi connectivity index (χ3n) is 4.41. The van der Waals surface area contributed by atoms with Crippen LogP contribution in [-0.4, -0.2) is 48.5 Å². The molecule has 26 heavy (non-hydrogen) atoms. The molecule has 3 heterocycles. The van der Waals surface area contributed by atoms with Crippen molar-refractivity contribution in [3.8, 4) is 17.0 Å². The molecule has 7 heteroatoms. The molecule has 0 spiro atoms. The Morgan fingerprint density at radius 3 is 2.62 bits per heavy atom. The molecular formula is C19H22N6O. The first kappa shape index (κ1) is 16.4. The molecule has 1 aliphatic rings. The average molecular weight is 350 g/mol. The van der Waals surface area contributed by atoms with Gasteiger partial charge in [0.25, 0.3) is 0 Å². The normalized spacial score (nSPS) is 14.3. The van der Waals surface area contributed by atoms with Gasteiger partial charge in [-0.15, -0.1) is 0 Å². The lowest BCUT2D eigenvalue weighted by Crippen LogP contribution is -2.43. The minimum absolute atomic E-state index is 0.737. The number of aromatic nitrogens is 3. The Hall–Kier alpha value is -3.06. The van der Waals surface area contributed by atoms with Crippen LogP contribution in [0.1, 0.15) is 0 Å². The summed E-state index contributed by atoms with van der Waals surface area (Å²) >= 11 is 0. The zero-order valence-corrected chi connectivity index (χ0v) is 14.7. The van der Waals surface area contributed by atoms with E-state index in [1.54, 1.807) is 7.11 Å². The van der Waals surface area contributed by atoms with Crippen molar-refractivity contribution in [1.29, 1.82) is 0 Å². The molecule has 0 atom stereocenters. The second-order valence-corrected chi connectivity index (χ2v) is 6.14. The van der Waals surface area contributed by atoms with Crippen molar-refractivity contribution in [2.45, 2.75) is 0 Å². The van der Waals surface area contributed by atoms with Gasteiger partial charge in [0.05, 0.1) is 12.8 Å². The van der Waals surface area contributed by atoms with Crippen molar-refractivity contribution >= 4 is 17.5 Å². The van der Waals surface area contributed by atoms with Crippen LogP contribution in [-0.2, 0) is 0 Å². The van der Waals surface area contributed by atoms with Gasteiger partial charge < -0.3 is 20.3 Å². The minimum Gasteiger partial charge on any atom is -0.497 e. The number of nitrogens with one attached hydrogen (secondary N) is 3. The molecule has 3 aromatic rings. The van der Waals surface area contributed by atoms with Crippen LogP contribution in [0.15, 0.2) is 48.5 Å². The van der Waals surface area contributed by atoms with Crippen molar-refractivity contribution in [3.05, 3.63) is 48.5 Å². The van der Waals surface area contributed by atoms with E-state index in [-0.39, 0.29) is 0 Å². The maximum atomic E-state index is 5.20. The molecule has 134 valence electrons. The van der Waals surface area contributed by atoms with E-state index in [1.165, 1.54) is 0 Å². The SMILES string of the molecule is COc1ccc(-c2cc(Nc3cccc(N4CCNCC4)n3)n[nH]2)cc1. The first-order chi connectivity index (χ1) is 12.8.